The third kappa shape index (κ3) is 5.40. The van der Waals surface area contributed by atoms with Crippen LogP contribution in [0.15, 0.2) is 18.2 Å². The molecule has 2 N–H and O–H groups in total. The molecule has 2 heterocycles. The lowest BCUT2D eigenvalue weighted by molar-refractivity contribution is -0.286. The van der Waals surface area contributed by atoms with Crippen LogP contribution in [0.5, 0.6) is 11.5 Å². The molecule has 1 saturated heterocycles. The first kappa shape index (κ1) is 22.7. The van der Waals surface area contributed by atoms with E-state index < -0.39 is 24.2 Å². The number of fused-ring (bicyclic) bond motifs is 1. The quantitative estimate of drug-likeness (QED) is 0.347. The van der Waals surface area contributed by atoms with Gasteiger partial charge in [0.25, 0.3) is 0 Å². The van der Waals surface area contributed by atoms with Crippen molar-refractivity contribution in [2.24, 2.45) is 5.92 Å². The van der Waals surface area contributed by atoms with Gasteiger partial charge in [-0.25, -0.2) is 5.06 Å². The van der Waals surface area contributed by atoms with Crippen molar-refractivity contribution in [3.05, 3.63) is 18.2 Å². The molecule has 11 heteroatoms. The lowest BCUT2D eigenvalue weighted by Crippen LogP contribution is -2.47. The number of anilines is 1. The molecule has 3 rings (SSSR count). The molecule has 0 aromatic heterocycles. The second-order valence-electron chi connectivity index (χ2n) is 7.57. The van der Waals surface area contributed by atoms with Gasteiger partial charge in [0.05, 0.1) is 12.5 Å². The number of halogens is 2. The third-order valence-corrected chi connectivity index (χ3v) is 5.29. The molecular weight excluding hydrogens is 416 g/mol. The Hall–Kier alpha value is -2.95. The molecule has 0 aliphatic carbocycles. The Morgan fingerprint density at radius 3 is 2.84 bits per heavy atom. The van der Waals surface area contributed by atoms with Gasteiger partial charge in [-0.1, -0.05) is 19.8 Å². The molecular formula is C20H25F2N3O6. The zero-order valence-electron chi connectivity index (χ0n) is 17.1. The predicted molar refractivity (Wildman–Crippen MR) is 104 cm³/mol. The summed E-state index contributed by atoms with van der Waals surface area (Å²) in [7, 11) is 0. The minimum absolute atomic E-state index is 0.136. The van der Waals surface area contributed by atoms with E-state index in [4.69, 9.17) is 0 Å². The highest BCUT2D eigenvalue weighted by Crippen LogP contribution is 2.42. The summed E-state index contributed by atoms with van der Waals surface area (Å²) in [6.45, 7) is 2.19. The van der Waals surface area contributed by atoms with Gasteiger partial charge in [-0.2, -0.15) is 0 Å². The molecule has 2 aliphatic heterocycles. The summed E-state index contributed by atoms with van der Waals surface area (Å²) in [5, 5.41) is 12.6. The Bertz CT molecular complexity index is 837. The summed E-state index contributed by atoms with van der Waals surface area (Å²) >= 11 is 0. The molecule has 2 aliphatic rings. The van der Waals surface area contributed by atoms with Crippen LogP contribution in [0, 0.1) is 5.92 Å². The van der Waals surface area contributed by atoms with Gasteiger partial charge in [0.1, 0.15) is 6.04 Å². The molecule has 0 spiro atoms. The number of rotatable bonds is 9. The van der Waals surface area contributed by atoms with Gasteiger partial charge in [0, 0.05) is 18.3 Å². The highest BCUT2D eigenvalue weighted by Gasteiger charge is 2.43. The van der Waals surface area contributed by atoms with Gasteiger partial charge < -0.3 is 19.7 Å². The number of amides is 3. The van der Waals surface area contributed by atoms with Crippen LogP contribution in [-0.2, 0) is 14.4 Å². The number of alkyl halides is 2. The summed E-state index contributed by atoms with van der Waals surface area (Å²) in [6.07, 6.45) is -0.412. The minimum atomic E-state index is -3.75. The Labute approximate surface area is 177 Å². The lowest BCUT2D eigenvalue weighted by atomic mass is 9.99. The number of likely N-dealkylation sites (tertiary alicyclic amines) is 1. The van der Waals surface area contributed by atoms with Gasteiger partial charge in [0.2, 0.25) is 18.2 Å². The maximum absolute atomic E-state index is 13.2. The molecule has 1 fully saturated rings. The second-order valence-corrected chi connectivity index (χ2v) is 7.57. The largest absolute Gasteiger partial charge is 0.586 e. The van der Waals surface area contributed by atoms with Crippen LogP contribution in [0.3, 0.4) is 0 Å². The van der Waals surface area contributed by atoms with Crippen LogP contribution in [0.2, 0.25) is 0 Å². The van der Waals surface area contributed by atoms with E-state index in [2.05, 4.69) is 14.8 Å². The fraction of sp³-hybridized carbons (Fsp3) is 0.550. The van der Waals surface area contributed by atoms with Gasteiger partial charge in [-0.05, 0) is 31.4 Å². The van der Waals surface area contributed by atoms with E-state index in [0.29, 0.717) is 30.9 Å². The smallest absolute Gasteiger partial charge is 0.395 e. The van der Waals surface area contributed by atoms with Gasteiger partial charge >= 0.3 is 6.29 Å². The number of unbranched alkanes of at least 4 members (excludes halogenated alkanes) is 1. The average Bonchev–Trinajstić information content (AvgIpc) is 3.33. The first-order chi connectivity index (χ1) is 14.7. The van der Waals surface area contributed by atoms with Crippen LogP contribution in [0.4, 0.5) is 14.5 Å². The molecule has 0 saturated carbocycles. The molecule has 0 radical (unpaired) electrons. The van der Waals surface area contributed by atoms with Gasteiger partial charge in [-0.15, -0.1) is 8.78 Å². The normalized spacial score (nSPS) is 19.7. The van der Waals surface area contributed by atoms with Gasteiger partial charge in [0.15, 0.2) is 11.5 Å². The molecule has 9 nitrogen and oxygen atoms in total. The number of benzene rings is 1. The Morgan fingerprint density at radius 1 is 1.39 bits per heavy atom. The van der Waals surface area contributed by atoms with E-state index in [1.807, 2.05) is 6.92 Å². The van der Waals surface area contributed by atoms with E-state index >= 15 is 0 Å². The average molecular weight is 441 g/mol. The predicted octanol–water partition coefficient (Wildman–Crippen LogP) is 2.59. The fourth-order valence-electron chi connectivity index (χ4n) is 3.80. The topological polar surface area (TPSA) is 108 Å². The van der Waals surface area contributed by atoms with Crippen LogP contribution in [-0.4, -0.2) is 58.8 Å². The monoisotopic (exact) mass is 441 g/mol. The van der Waals surface area contributed by atoms with E-state index in [-0.39, 0.29) is 36.0 Å². The summed E-state index contributed by atoms with van der Waals surface area (Å²) in [4.78, 5) is 38.1. The zero-order valence-corrected chi connectivity index (χ0v) is 17.1. The number of hydrogen-bond acceptors (Lipinski definition) is 6. The van der Waals surface area contributed by atoms with Crippen molar-refractivity contribution in [1.82, 2.24) is 9.96 Å². The SMILES string of the molecule is CCCC[C@H](CN(O)C=O)C(=O)N1CCC[C@H]1C(=O)Nc1ccc2c(c1)OC(F)(F)O2. The Balaban J connectivity index is 1.68. The van der Waals surface area contributed by atoms with E-state index in [1.54, 1.807) is 0 Å². The summed E-state index contributed by atoms with van der Waals surface area (Å²) in [6, 6.07) is 3.15. The number of ether oxygens (including phenoxy) is 2. The molecule has 3 amide bonds. The summed E-state index contributed by atoms with van der Waals surface area (Å²) < 4.78 is 35.1. The second kappa shape index (κ2) is 9.46. The van der Waals surface area contributed by atoms with Crippen molar-refractivity contribution >= 4 is 23.9 Å². The molecule has 0 bridgehead atoms. The summed E-state index contributed by atoms with van der Waals surface area (Å²) in [5.74, 6) is -1.72. The highest BCUT2D eigenvalue weighted by molar-refractivity contribution is 5.98. The molecule has 2 atom stereocenters. The van der Waals surface area contributed by atoms with E-state index in [9.17, 15) is 28.4 Å². The number of hydrogen-bond donors (Lipinski definition) is 2. The lowest BCUT2D eigenvalue weighted by Gasteiger charge is -2.29. The Kier molecular flexibility index (Phi) is 6.94. The molecule has 31 heavy (non-hydrogen) atoms. The first-order valence-electron chi connectivity index (χ1n) is 10.2. The van der Waals surface area contributed by atoms with Crippen molar-refractivity contribution in [2.75, 3.05) is 18.4 Å². The van der Waals surface area contributed by atoms with E-state index in [0.717, 1.165) is 12.8 Å². The van der Waals surface area contributed by atoms with Crippen molar-refractivity contribution in [3.63, 3.8) is 0 Å². The van der Waals surface area contributed by atoms with Crippen LogP contribution >= 0.6 is 0 Å². The van der Waals surface area contributed by atoms with Gasteiger partial charge in [-0.3, -0.25) is 19.6 Å². The van der Waals surface area contributed by atoms with Crippen LogP contribution in [0.1, 0.15) is 39.0 Å². The van der Waals surface area contributed by atoms with Crippen molar-refractivity contribution in [3.8, 4) is 11.5 Å². The van der Waals surface area contributed by atoms with Crippen molar-refractivity contribution in [2.45, 2.75) is 51.4 Å². The van der Waals surface area contributed by atoms with E-state index in [1.165, 1.54) is 23.1 Å². The maximum Gasteiger partial charge on any atom is 0.586 e. The molecule has 170 valence electrons. The third-order valence-electron chi connectivity index (χ3n) is 5.29. The first-order valence-corrected chi connectivity index (χ1v) is 10.2. The van der Waals surface area contributed by atoms with Crippen molar-refractivity contribution in [1.29, 1.82) is 0 Å². The number of nitrogens with one attached hydrogen (secondary N) is 1. The molecule has 0 unspecified atom stereocenters. The highest BCUT2D eigenvalue weighted by atomic mass is 19.3. The summed E-state index contributed by atoms with van der Waals surface area (Å²) in [5.41, 5.74) is 0.231. The number of nitrogens with zero attached hydrogens (tertiary/aromatic N) is 2. The van der Waals surface area contributed by atoms with Crippen LogP contribution in [0.25, 0.3) is 0 Å². The molecule has 1 aromatic carbocycles. The Morgan fingerprint density at radius 2 is 2.13 bits per heavy atom. The van der Waals surface area contributed by atoms with Crippen LogP contribution < -0.4 is 14.8 Å². The zero-order chi connectivity index (χ0) is 22.6. The fourth-order valence-corrected chi connectivity index (χ4v) is 3.80. The number of hydroxylamine groups is 2. The molecule has 1 aromatic rings. The van der Waals surface area contributed by atoms with Crippen molar-refractivity contribution < 1.29 is 37.8 Å². The standard InChI is InChI=1S/C20H25F2N3O6/c1-2-3-5-13(11-24(29)12-26)19(28)25-9-4-6-15(25)18(27)23-14-7-8-16-17(10-14)31-20(21,22)30-16/h7-8,10,12-13,15,29H,2-6,9,11H2,1H3,(H,23,27)/t13-,15+/m1/s1. The maximum atomic E-state index is 13.2. The number of carbonyl (C=O) groups excluding carboxylic acids is 3. The minimum Gasteiger partial charge on any atom is -0.395 e. The number of carbonyl (C=O) groups is 3.